The molecule has 0 aliphatic rings. The Bertz CT molecular complexity index is 1180. The van der Waals surface area contributed by atoms with Crippen LogP contribution in [-0.2, 0) is 14.3 Å². The van der Waals surface area contributed by atoms with E-state index in [-0.39, 0.29) is 23.5 Å². The number of nitrogens with zero attached hydrogens (tertiary/aromatic N) is 1. The fraction of sp³-hybridized carbons (Fsp3) is 0.571. The number of para-hydroxylation sites is 1. The van der Waals surface area contributed by atoms with E-state index in [9.17, 15) is 19.5 Å². The van der Waals surface area contributed by atoms with Gasteiger partial charge in [0.25, 0.3) is 5.91 Å². The molecule has 2 rings (SSSR count). The van der Waals surface area contributed by atoms with Gasteiger partial charge in [-0.1, -0.05) is 83.2 Å². The summed E-state index contributed by atoms with van der Waals surface area (Å²) in [6.07, 6.45) is 5.73. The van der Waals surface area contributed by atoms with Crippen LogP contribution in [0.2, 0.25) is 0 Å². The summed E-state index contributed by atoms with van der Waals surface area (Å²) in [6.45, 7) is 15.6. The van der Waals surface area contributed by atoms with Crippen molar-refractivity contribution >= 4 is 23.6 Å². The van der Waals surface area contributed by atoms with E-state index < -0.39 is 23.8 Å². The number of alkyl carbamates (subject to hydrolysis) is 1. The van der Waals surface area contributed by atoms with Crippen LogP contribution in [0.5, 0.6) is 5.75 Å². The summed E-state index contributed by atoms with van der Waals surface area (Å²) in [5.74, 6) is -0.664. The van der Waals surface area contributed by atoms with Crippen molar-refractivity contribution in [1.29, 1.82) is 0 Å². The second-order valence-corrected chi connectivity index (χ2v) is 12.9. The first kappa shape index (κ1) is 35.6. The zero-order valence-corrected chi connectivity index (χ0v) is 27.5. The highest BCUT2D eigenvalue weighted by molar-refractivity contribution is 6.00. The Kier molecular flexibility index (Phi) is 14.0. The summed E-state index contributed by atoms with van der Waals surface area (Å²) in [5, 5.41) is 16.3. The predicted octanol–water partition coefficient (Wildman–Crippen LogP) is 7.82. The monoisotopic (exact) mass is 595 g/mol. The van der Waals surface area contributed by atoms with E-state index in [2.05, 4.69) is 17.6 Å². The van der Waals surface area contributed by atoms with Crippen LogP contribution in [0.25, 0.3) is 0 Å². The molecule has 8 nitrogen and oxygen atoms in total. The molecule has 0 aliphatic carbocycles. The van der Waals surface area contributed by atoms with Gasteiger partial charge in [0.1, 0.15) is 23.4 Å². The summed E-state index contributed by atoms with van der Waals surface area (Å²) in [5.41, 5.74) is 2.25. The maximum Gasteiger partial charge on any atom is 0.408 e. The van der Waals surface area contributed by atoms with Gasteiger partial charge in [-0.15, -0.1) is 0 Å². The lowest BCUT2D eigenvalue weighted by Crippen LogP contribution is -2.53. The summed E-state index contributed by atoms with van der Waals surface area (Å²) < 4.78 is 5.50. The molecule has 3 N–H and O–H groups in total. The molecule has 0 saturated heterocycles. The zero-order chi connectivity index (χ0) is 32.2. The Morgan fingerprint density at radius 1 is 0.930 bits per heavy atom. The Hall–Kier alpha value is -3.55. The highest BCUT2D eigenvalue weighted by atomic mass is 16.6. The molecule has 0 bridgehead atoms. The molecule has 0 aliphatic heterocycles. The van der Waals surface area contributed by atoms with Crippen molar-refractivity contribution in [1.82, 2.24) is 10.2 Å². The lowest BCUT2D eigenvalue weighted by Gasteiger charge is -2.35. The molecule has 8 heteroatoms. The molecule has 0 radical (unpaired) electrons. The smallest absolute Gasteiger partial charge is 0.408 e. The number of aromatic hydroxyl groups is 1. The van der Waals surface area contributed by atoms with Gasteiger partial charge < -0.3 is 25.4 Å². The van der Waals surface area contributed by atoms with Crippen LogP contribution in [0.1, 0.15) is 109 Å². The van der Waals surface area contributed by atoms with Gasteiger partial charge in [-0.25, -0.2) is 4.79 Å². The molecule has 0 fully saturated rings. The standard InChI is InChI=1S/C35H53N3O5/c1-9-10-11-12-13-14-21-38(33(41)29(22-24(2)3)36-34(42)43-35(6,7)8)31(27-19-16-20-28(39)23-27)32(40)37-30-25(4)17-15-18-26(30)5/h15-20,23-24,29,31,39H,9-14,21-22H2,1-8H3,(H,36,42)(H,37,40). The fourth-order valence-corrected chi connectivity index (χ4v) is 5.14. The Morgan fingerprint density at radius 3 is 2.12 bits per heavy atom. The lowest BCUT2D eigenvalue weighted by molar-refractivity contribution is -0.141. The highest BCUT2D eigenvalue weighted by Gasteiger charge is 2.37. The third-order valence-corrected chi connectivity index (χ3v) is 7.21. The second-order valence-electron chi connectivity index (χ2n) is 12.9. The molecule has 238 valence electrons. The molecule has 2 unspecified atom stereocenters. The first-order valence-electron chi connectivity index (χ1n) is 15.7. The molecule has 3 amide bonds. The fourth-order valence-electron chi connectivity index (χ4n) is 5.14. The van der Waals surface area contributed by atoms with E-state index in [0.29, 0.717) is 30.6 Å². The van der Waals surface area contributed by atoms with E-state index in [1.165, 1.54) is 12.1 Å². The number of hydrogen-bond acceptors (Lipinski definition) is 5. The summed E-state index contributed by atoms with van der Waals surface area (Å²) in [7, 11) is 0. The Balaban J connectivity index is 2.55. The van der Waals surface area contributed by atoms with Crippen molar-refractivity contribution in [3.63, 3.8) is 0 Å². The second kappa shape index (κ2) is 16.9. The van der Waals surface area contributed by atoms with E-state index >= 15 is 0 Å². The number of rotatable bonds is 15. The van der Waals surface area contributed by atoms with Crippen LogP contribution in [-0.4, -0.2) is 46.1 Å². The van der Waals surface area contributed by atoms with Crippen LogP contribution in [0.15, 0.2) is 42.5 Å². The maximum atomic E-state index is 14.4. The van der Waals surface area contributed by atoms with E-state index in [1.807, 2.05) is 45.9 Å². The molecule has 0 saturated carbocycles. The molecule has 2 aromatic carbocycles. The molecular formula is C35H53N3O5. The highest BCUT2D eigenvalue weighted by Crippen LogP contribution is 2.30. The first-order valence-corrected chi connectivity index (χ1v) is 15.7. The minimum atomic E-state index is -1.04. The van der Waals surface area contributed by atoms with Gasteiger partial charge in [0.15, 0.2) is 0 Å². The number of phenols is 1. The molecular weight excluding hydrogens is 542 g/mol. The molecule has 0 heterocycles. The van der Waals surface area contributed by atoms with E-state index in [0.717, 1.165) is 43.2 Å². The van der Waals surface area contributed by atoms with Gasteiger partial charge in [-0.05, 0) is 82.2 Å². The average Bonchev–Trinajstić information content (AvgIpc) is 2.90. The number of phenolic OH excluding ortho intramolecular Hbond substituents is 1. The van der Waals surface area contributed by atoms with Gasteiger partial charge in [0, 0.05) is 12.2 Å². The van der Waals surface area contributed by atoms with Crippen molar-refractivity contribution in [2.45, 2.75) is 118 Å². The lowest BCUT2D eigenvalue weighted by atomic mass is 9.98. The number of carbonyl (C=O) groups excluding carboxylic acids is 3. The number of carbonyl (C=O) groups is 3. The number of hydrogen-bond donors (Lipinski definition) is 3. The molecule has 2 aromatic rings. The SMILES string of the molecule is CCCCCCCCN(C(=O)C(CC(C)C)NC(=O)OC(C)(C)C)C(C(=O)Nc1c(C)cccc1C)c1cccc(O)c1. The number of nitrogens with one attached hydrogen (secondary N) is 2. The number of unbranched alkanes of at least 4 members (excludes halogenated alkanes) is 5. The maximum absolute atomic E-state index is 14.4. The van der Waals surface area contributed by atoms with Crippen molar-refractivity contribution in [3.05, 3.63) is 59.2 Å². The average molecular weight is 596 g/mol. The number of amides is 3. The van der Waals surface area contributed by atoms with Crippen LogP contribution in [0.4, 0.5) is 10.5 Å². The van der Waals surface area contributed by atoms with Crippen LogP contribution in [0.3, 0.4) is 0 Å². The third kappa shape index (κ3) is 11.9. The minimum absolute atomic E-state index is 0.0000489. The molecule has 2 atom stereocenters. The number of ether oxygens (including phenoxy) is 1. The van der Waals surface area contributed by atoms with Crippen LogP contribution in [0, 0.1) is 19.8 Å². The molecule has 43 heavy (non-hydrogen) atoms. The van der Waals surface area contributed by atoms with E-state index in [4.69, 9.17) is 4.74 Å². The Morgan fingerprint density at radius 2 is 1.53 bits per heavy atom. The van der Waals surface area contributed by atoms with Crippen LogP contribution >= 0.6 is 0 Å². The van der Waals surface area contributed by atoms with Gasteiger partial charge >= 0.3 is 6.09 Å². The van der Waals surface area contributed by atoms with Gasteiger partial charge in [-0.3, -0.25) is 9.59 Å². The first-order chi connectivity index (χ1) is 20.2. The van der Waals surface area contributed by atoms with Gasteiger partial charge in [0.05, 0.1) is 0 Å². The topological polar surface area (TPSA) is 108 Å². The summed E-state index contributed by atoms with van der Waals surface area (Å²) >= 11 is 0. The van der Waals surface area contributed by atoms with Crippen molar-refractivity contribution in [2.24, 2.45) is 5.92 Å². The van der Waals surface area contributed by atoms with Gasteiger partial charge in [0.2, 0.25) is 5.91 Å². The van der Waals surface area contributed by atoms with Crippen molar-refractivity contribution in [2.75, 3.05) is 11.9 Å². The normalized spacial score (nSPS) is 12.9. The van der Waals surface area contributed by atoms with Crippen molar-refractivity contribution < 1.29 is 24.2 Å². The Labute approximate surface area is 258 Å². The van der Waals surface area contributed by atoms with Crippen molar-refractivity contribution in [3.8, 4) is 5.75 Å². The summed E-state index contributed by atoms with van der Waals surface area (Å²) in [4.78, 5) is 43.1. The number of benzene rings is 2. The third-order valence-electron chi connectivity index (χ3n) is 7.21. The van der Waals surface area contributed by atoms with Gasteiger partial charge in [-0.2, -0.15) is 0 Å². The molecule has 0 spiro atoms. The number of anilines is 1. The van der Waals surface area contributed by atoms with E-state index in [1.54, 1.807) is 37.8 Å². The summed E-state index contributed by atoms with van der Waals surface area (Å²) in [6, 6.07) is 10.3. The molecule has 0 aromatic heterocycles. The zero-order valence-electron chi connectivity index (χ0n) is 27.5. The minimum Gasteiger partial charge on any atom is -0.508 e. The van der Waals surface area contributed by atoms with Crippen LogP contribution < -0.4 is 10.6 Å². The quantitative estimate of drug-likeness (QED) is 0.182. The number of aryl methyl sites for hydroxylation is 2. The predicted molar refractivity (Wildman–Crippen MR) is 173 cm³/mol. The largest absolute Gasteiger partial charge is 0.508 e.